The first kappa shape index (κ1) is 10.6. The molecule has 3 nitrogen and oxygen atoms in total. The van der Waals surface area contributed by atoms with Crippen LogP contribution in [0.15, 0.2) is 18.5 Å². The second kappa shape index (κ2) is 4.06. The van der Waals surface area contributed by atoms with Crippen LogP contribution in [0.25, 0.3) is 11.0 Å². The third-order valence-electron chi connectivity index (χ3n) is 3.93. The lowest BCUT2D eigenvalue weighted by Gasteiger charge is -2.23. The summed E-state index contributed by atoms with van der Waals surface area (Å²) in [5, 5.41) is 0. The molecule has 17 heavy (non-hydrogen) atoms. The molecule has 0 amide bonds. The number of aromatic nitrogens is 2. The maximum Gasteiger partial charge on any atom is 0.0960 e. The third kappa shape index (κ3) is 1.79. The van der Waals surface area contributed by atoms with E-state index in [1.54, 1.807) is 0 Å². The van der Waals surface area contributed by atoms with Gasteiger partial charge in [-0.1, -0.05) is 19.3 Å². The van der Waals surface area contributed by atoms with Gasteiger partial charge in [-0.3, -0.25) is 0 Å². The van der Waals surface area contributed by atoms with Crippen molar-refractivity contribution in [2.75, 3.05) is 5.73 Å². The topological polar surface area (TPSA) is 43.8 Å². The number of rotatable bonds is 1. The third-order valence-corrected chi connectivity index (χ3v) is 3.93. The van der Waals surface area contributed by atoms with E-state index in [1.807, 2.05) is 13.3 Å². The van der Waals surface area contributed by atoms with Gasteiger partial charge >= 0.3 is 0 Å². The molecule has 1 aliphatic rings. The molecule has 0 unspecified atom stereocenters. The Kier molecular flexibility index (Phi) is 2.54. The van der Waals surface area contributed by atoms with Crippen LogP contribution in [-0.2, 0) is 0 Å². The van der Waals surface area contributed by atoms with Crippen LogP contribution >= 0.6 is 0 Å². The molecule has 2 N–H and O–H groups in total. The van der Waals surface area contributed by atoms with E-state index in [2.05, 4.69) is 21.7 Å². The number of aryl methyl sites for hydroxylation is 1. The first-order valence-electron chi connectivity index (χ1n) is 6.48. The normalized spacial score (nSPS) is 17.7. The molecule has 1 aromatic heterocycles. The molecular weight excluding hydrogens is 210 g/mol. The van der Waals surface area contributed by atoms with E-state index in [-0.39, 0.29) is 0 Å². The van der Waals surface area contributed by atoms with Crippen LogP contribution in [0, 0.1) is 6.92 Å². The molecule has 3 rings (SSSR count). The number of hydrogen-bond acceptors (Lipinski definition) is 2. The quantitative estimate of drug-likeness (QED) is 0.761. The Morgan fingerprint density at radius 2 is 2.00 bits per heavy atom. The monoisotopic (exact) mass is 229 g/mol. The molecule has 0 atom stereocenters. The number of imidazole rings is 1. The standard InChI is InChI=1S/C14H19N3/c1-10-7-13-14(8-12(10)15)17(9-16-13)11-5-3-2-4-6-11/h7-9,11H,2-6,15H2,1H3. The zero-order valence-corrected chi connectivity index (χ0v) is 10.3. The van der Waals surface area contributed by atoms with Gasteiger partial charge in [0, 0.05) is 11.7 Å². The van der Waals surface area contributed by atoms with Crippen molar-refractivity contribution in [1.82, 2.24) is 9.55 Å². The van der Waals surface area contributed by atoms with Gasteiger partial charge in [-0.25, -0.2) is 4.98 Å². The maximum atomic E-state index is 6.00. The Balaban J connectivity index is 2.07. The fraction of sp³-hybridized carbons (Fsp3) is 0.500. The number of benzene rings is 1. The number of hydrogen-bond donors (Lipinski definition) is 1. The lowest BCUT2D eigenvalue weighted by Crippen LogP contribution is -2.11. The minimum absolute atomic E-state index is 0.621. The van der Waals surface area contributed by atoms with Gasteiger partial charge in [-0.05, 0) is 37.5 Å². The average Bonchev–Trinajstić information content (AvgIpc) is 2.74. The van der Waals surface area contributed by atoms with Crippen LogP contribution in [0.1, 0.15) is 43.7 Å². The predicted molar refractivity (Wildman–Crippen MR) is 71.0 cm³/mol. The van der Waals surface area contributed by atoms with Crippen molar-refractivity contribution in [3.05, 3.63) is 24.0 Å². The SMILES string of the molecule is Cc1cc2ncn(C3CCCCC3)c2cc1N. The fourth-order valence-corrected chi connectivity index (χ4v) is 2.84. The van der Waals surface area contributed by atoms with Gasteiger partial charge in [-0.2, -0.15) is 0 Å². The van der Waals surface area contributed by atoms with E-state index in [9.17, 15) is 0 Å². The van der Waals surface area contributed by atoms with Crippen molar-refractivity contribution in [1.29, 1.82) is 0 Å². The van der Waals surface area contributed by atoms with Gasteiger partial charge in [0.15, 0.2) is 0 Å². The maximum absolute atomic E-state index is 6.00. The number of nitrogens with zero attached hydrogens (tertiary/aromatic N) is 2. The highest BCUT2D eigenvalue weighted by Gasteiger charge is 2.17. The van der Waals surface area contributed by atoms with Crippen LogP contribution in [0.2, 0.25) is 0 Å². The van der Waals surface area contributed by atoms with E-state index < -0.39 is 0 Å². The number of fused-ring (bicyclic) bond motifs is 1. The van der Waals surface area contributed by atoms with Crippen LogP contribution in [0.3, 0.4) is 0 Å². The first-order valence-corrected chi connectivity index (χ1v) is 6.48. The van der Waals surface area contributed by atoms with Crippen molar-refractivity contribution >= 4 is 16.7 Å². The molecular formula is C14H19N3. The van der Waals surface area contributed by atoms with E-state index in [0.29, 0.717) is 6.04 Å². The zero-order valence-electron chi connectivity index (χ0n) is 10.3. The first-order chi connectivity index (χ1) is 8.25. The summed E-state index contributed by atoms with van der Waals surface area (Å²) in [5.74, 6) is 0. The van der Waals surface area contributed by atoms with Gasteiger partial charge in [0.05, 0.1) is 17.4 Å². The van der Waals surface area contributed by atoms with Crippen LogP contribution < -0.4 is 5.73 Å². The van der Waals surface area contributed by atoms with Crippen molar-refractivity contribution in [3.8, 4) is 0 Å². The predicted octanol–water partition coefficient (Wildman–Crippen LogP) is 3.43. The highest BCUT2D eigenvalue weighted by Crippen LogP contribution is 2.31. The second-order valence-electron chi connectivity index (χ2n) is 5.14. The molecule has 0 saturated heterocycles. The van der Waals surface area contributed by atoms with Crippen LogP contribution in [-0.4, -0.2) is 9.55 Å². The van der Waals surface area contributed by atoms with Crippen LogP contribution in [0.5, 0.6) is 0 Å². The van der Waals surface area contributed by atoms with Gasteiger partial charge < -0.3 is 10.3 Å². The lowest BCUT2D eigenvalue weighted by molar-refractivity contribution is 0.359. The van der Waals surface area contributed by atoms with Crippen molar-refractivity contribution in [3.63, 3.8) is 0 Å². The summed E-state index contributed by atoms with van der Waals surface area (Å²) in [6.07, 6.45) is 8.60. The summed E-state index contributed by atoms with van der Waals surface area (Å²) in [6.45, 7) is 2.04. The highest BCUT2D eigenvalue weighted by atomic mass is 15.1. The molecule has 1 aliphatic carbocycles. The zero-order chi connectivity index (χ0) is 11.8. The molecule has 1 fully saturated rings. The summed E-state index contributed by atoms with van der Waals surface area (Å²) in [6, 6.07) is 4.78. The number of nitrogens with two attached hydrogens (primary N) is 1. The van der Waals surface area contributed by atoms with Gasteiger partial charge in [0.2, 0.25) is 0 Å². The molecule has 0 bridgehead atoms. The lowest BCUT2D eigenvalue weighted by atomic mass is 9.95. The van der Waals surface area contributed by atoms with Gasteiger partial charge in [-0.15, -0.1) is 0 Å². The molecule has 3 heteroatoms. The minimum Gasteiger partial charge on any atom is -0.398 e. The Labute approximate surface area is 102 Å². The minimum atomic E-state index is 0.621. The molecule has 0 radical (unpaired) electrons. The Hall–Kier alpha value is -1.51. The summed E-state index contributed by atoms with van der Waals surface area (Å²) in [5.41, 5.74) is 10.3. The molecule has 1 aromatic carbocycles. The molecule has 1 heterocycles. The average molecular weight is 229 g/mol. The van der Waals surface area contributed by atoms with E-state index in [4.69, 9.17) is 5.73 Å². The van der Waals surface area contributed by atoms with Crippen molar-refractivity contribution < 1.29 is 0 Å². The molecule has 0 aliphatic heterocycles. The second-order valence-corrected chi connectivity index (χ2v) is 5.14. The summed E-state index contributed by atoms with van der Waals surface area (Å²) < 4.78 is 2.32. The van der Waals surface area contributed by atoms with E-state index in [0.717, 1.165) is 16.8 Å². The summed E-state index contributed by atoms with van der Waals surface area (Å²) in [4.78, 5) is 4.50. The largest absolute Gasteiger partial charge is 0.398 e. The van der Waals surface area contributed by atoms with Crippen LogP contribution in [0.4, 0.5) is 5.69 Å². The van der Waals surface area contributed by atoms with Crippen molar-refractivity contribution in [2.24, 2.45) is 0 Å². The Morgan fingerprint density at radius 3 is 2.76 bits per heavy atom. The molecule has 90 valence electrons. The van der Waals surface area contributed by atoms with Gasteiger partial charge in [0.25, 0.3) is 0 Å². The number of anilines is 1. The van der Waals surface area contributed by atoms with Crippen molar-refractivity contribution in [2.45, 2.75) is 45.1 Å². The summed E-state index contributed by atoms with van der Waals surface area (Å²) >= 11 is 0. The highest BCUT2D eigenvalue weighted by molar-refractivity contribution is 5.81. The summed E-state index contributed by atoms with van der Waals surface area (Å²) in [7, 11) is 0. The van der Waals surface area contributed by atoms with Gasteiger partial charge in [0.1, 0.15) is 0 Å². The Bertz CT molecular complexity index is 536. The number of nitrogen functional groups attached to an aromatic ring is 1. The molecule has 2 aromatic rings. The molecule has 1 saturated carbocycles. The Morgan fingerprint density at radius 1 is 1.24 bits per heavy atom. The smallest absolute Gasteiger partial charge is 0.0960 e. The molecule has 0 spiro atoms. The fourth-order valence-electron chi connectivity index (χ4n) is 2.84. The van der Waals surface area contributed by atoms with E-state index >= 15 is 0 Å². The van der Waals surface area contributed by atoms with E-state index in [1.165, 1.54) is 37.6 Å².